The maximum absolute atomic E-state index is 9.08. The van der Waals surface area contributed by atoms with Crippen LogP contribution in [0.15, 0.2) is 30.6 Å². The van der Waals surface area contributed by atoms with Crippen molar-refractivity contribution < 1.29 is 0 Å². The lowest BCUT2D eigenvalue weighted by atomic mass is 10.1. The molecule has 2 aromatic rings. The Balaban J connectivity index is 2.20. The van der Waals surface area contributed by atoms with Crippen LogP contribution in [0.2, 0.25) is 0 Å². The van der Waals surface area contributed by atoms with Gasteiger partial charge in [0.25, 0.3) is 0 Å². The van der Waals surface area contributed by atoms with Crippen molar-refractivity contribution in [1.29, 1.82) is 5.26 Å². The summed E-state index contributed by atoms with van der Waals surface area (Å²) in [6, 6.07) is 8.22. The van der Waals surface area contributed by atoms with E-state index in [9.17, 15) is 0 Å². The van der Waals surface area contributed by atoms with Gasteiger partial charge in [-0.05, 0) is 31.0 Å². The molecule has 0 unspecified atom stereocenters. The number of nitriles is 1. The predicted molar refractivity (Wildman–Crippen MR) is 60.7 cm³/mol. The molecule has 16 heavy (non-hydrogen) atoms. The fourth-order valence-corrected chi connectivity index (χ4v) is 2.37. The largest absolute Gasteiger partial charge is 0.343 e. The Morgan fingerprint density at radius 1 is 1.44 bits per heavy atom. The minimum absolute atomic E-state index is 0.816. The number of aromatic nitrogens is 2. The van der Waals surface area contributed by atoms with E-state index in [0.717, 1.165) is 36.2 Å². The molecule has 0 spiro atoms. The molecule has 1 aliphatic rings. The second-order valence-electron chi connectivity index (χ2n) is 4.00. The molecule has 3 rings (SSSR count). The summed E-state index contributed by atoms with van der Waals surface area (Å²) < 4.78 is 2.25. The Morgan fingerprint density at radius 3 is 3.12 bits per heavy atom. The molecule has 0 saturated carbocycles. The highest BCUT2D eigenvalue weighted by atomic mass is 15.0. The standard InChI is InChI=1S/C13H11N3/c14-8-11-7-13(10-3-1-5-15-9-10)16-6-2-4-12(11)16/h1,3,5,7,9H,2,4,6H2. The maximum Gasteiger partial charge on any atom is 0.101 e. The molecular weight excluding hydrogens is 198 g/mol. The molecule has 0 aromatic carbocycles. The highest BCUT2D eigenvalue weighted by Gasteiger charge is 2.20. The summed E-state index contributed by atoms with van der Waals surface area (Å²) in [5, 5.41) is 9.08. The van der Waals surface area contributed by atoms with Gasteiger partial charge in [-0.3, -0.25) is 4.98 Å². The Morgan fingerprint density at radius 2 is 2.38 bits per heavy atom. The van der Waals surface area contributed by atoms with E-state index in [1.54, 1.807) is 6.20 Å². The van der Waals surface area contributed by atoms with E-state index < -0.39 is 0 Å². The van der Waals surface area contributed by atoms with Crippen LogP contribution in [0, 0.1) is 11.3 Å². The van der Waals surface area contributed by atoms with Gasteiger partial charge >= 0.3 is 0 Å². The summed E-state index contributed by atoms with van der Waals surface area (Å²) >= 11 is 0. The van der Waals surface area contributed by atoms with E-state index in [1.165, 1.54) is 5.69 Å². The number of fused-ring (bicyclic) bond motifs is 1. The van der Waals surface area contributed by atoms with Gasteiger partial charge in [0, 0.05) is 30.2 Å². The van der Waals surface area contributed by atoms with Crippen LogP contribution in [-0.4, -0.2) is 9.55 Å². The van der Waals surface area contributed by atoms with E-state index in [-0.39, 0.29) is 0 Å². The molecule has 0 aliphatic carbocycles. The molecule has 3 heterocycles. The Kier molecular flexibility index (Phi) is 2.00. The van der Waals surface area contributed by atoms with Crippen LogP contribution in [0.25, 0.3) is 11.3 Å². The molecule has 1 aliphatic heterocycles. The van der Waals surface area contributed by atoms with E-state index >= 15 is 0 Å². The number of hydrogen-bond acceptors (Lipinski definition) is 2. The zero-order valence-corrected chi connectivity index (χ0v) is 8.85. The predicted octanol–water partition coefficient (Wildman–Crippen LogP) is 2.37. The van der Waals surface area contributed by atoms with Crippen molar-refractivity contribution in [3.8, 4) is 17.3 Å². The molecule has 0 atom stereocenters. The second kappa shape index (κ2) is 3.49. The van der Waals surface area contributed by atoms with Gasteiger partial charge < -0.3 is 4.57 Å². The molecule has 0 N–H and O–H groups in total. The van der Waals surface area contributed by atoms with Crippen molar-refractivity contribution in [1.82, 2.24) is 9.55 Å². The van der Waals surface area contributed by atoms with Gasteiger partial charge in [-0.1, -0.05) is 0 Å². The monoisotopic (exact) mass is 209 g/mol. The van der Waals surface area contributed by atoms with Crippen molar-refractivity contribution >= 4 is 0 Å². The Bertz CT molecular complexity index is 561. The van der Waals surface area contributed by atoms with E-state index in [4.69, 9.17) is 5.26 Å². The number of rotatable bonds is 1. The average molecular weight is 209 g/mol. The molecule has 2 aromatic heterocycles. The molecule has 0 saturated heterocycles. The van der Waals surface area contributed by atoms with Crippen molar-refractivity contribution in [2.75, 3.05) is 0 Å². The first-order valence-electron chi connectivity index (χ1n) is 5.43. The summed E-state index contributed by atoms with van der Waals surface area (Å²) in [5.41, 5.74) is 4.21. The number of pyridine rings is 1. The highest BCUT2D eigenvalue weighted by molar-refractivity contribution is 5.63. The molecule has 3 nitrogen and oxygen atoms in total. The van der Waals surface area contributed by atoms with E-state index in [2.05, 4.69) is 15.6 Å². The van der Waals surface area contributed by atoms with Crippen LogP contribution >= 0.6 is 0 Å². The van der Waals surface area contributed by atoms with E-state index in [1.807, 2.05) is 24.4 Å². The molecule has 0 amide bonds. The molecule has 78 valence electrons. The van der Waals surface area contributed by atoms with Gasteiger partial charge in [0.1, 0.15) is 6.07 Å². The normalized spacial score (nSPS) is 13.4. The van der Waals surface area contributed by atoms with Crippen molar-refractivity contribution in [3.05, 3.63) is 41.9 Å². The Labute approximate surface area is 94.0 Å². The van der Waals surface area contributed by atoms with Gasteiger partial charge in [-0.2, -0.15) is 5.26 Å². The third-order valence-electron chi connectivity index (χ3n) is 3.08. The van der Waals surface area contributed by atoms with Crippen LogP contribution < -0.4 is 0 Å². The van der Waals surface area contributed by atoms with Crippen LogP contribution in [0.3, 0.4) is 0 Å². The van der Waals surface area contributed by atoms with Gasteiger partial charge in [0.15, 0.2) is 0 Å². The SMILES string of the molecule is N#Cc1cc(-c2cccnc2)n2c1CCC2. The van der Waals surface area contributed by atoms with Crippen LogP contribution in [0.4, 0.5) is 0 Å². The van der Waals surface area contributed by atoms with Crippen LogP contribution in [-0.2, 0) is 13.0 Å². The lowest BCUT2D eigenvalue weighted by molar-refractivity contribution is 0.756. The zero-order valence-electron chi connectivity index (χ0n) is 8.85. The zero-order chi connectivity index (χ0) is 11.0. The second-order valence-corrected chi connectivity index (χ2v) is 4.00. The summed E-state index contributed by atoms with van der Waals surface area (Å²) in [5.74, 6) is 0. The highest BCUT2D eigenvalue weighted by Crippen LogP contribution is 2.30. The third-order valence-corrected chi connectivity index (χ3v) is 3.08. The van der Waals surface area contributed by atoms with E-state index in [0.29, 0.717) is 0 Å². The van der Waals surface area contributed by atoms with Gasteiger partial charge in [-0.15, -0.1) is 0 Å². The minimum Gasteiger partial charge on any atom is -0.343 e. The quantitative estimate of drug-likeness (QED) is 0.723. The summed E-state index contributed by atoms with van der Waals surface area (Å²) in [6.07, 6.45) is 5.77. The summed E-state index contributed by atoms with van der Waals surface area (Å²) in [6.45, 7) is 1.02. The van der Waals surface area contributed by atoms with Crippen molar-refractivity contribution in [3.63, 3.8) is 0 Å². The van der Waals surface area contributed by atoms with Crippen LogP contribution in [0.5, 0.6) is 0 Å². The summed E-state index contributed by atoms with van der Waals surface area (Å²) in [7, 11) is 0. The molecule has 0 fully saturated rings. The first-order chi connectivity index (χ1) is 7.90. The first-order valence-corrected chi connectivity index (χ1v) is 5.43. The molecule has 3 heteroatoms. The van der Waals surface area contributed by atoms with Gasteiger partial charge in [0.2, 0.25) is 0 Å². The van der Waals surface area contributed by atoms with Gasteiger partial charge in [0.05, 0.1) is 11.3 Å². The minimum atomic E-state index is 0.816. The molecule has 0 radical (unpaired) electrons. The Hall–Kier alpha value is -2.08. The average Bonchev–Trinajstić information content (AvgIpc) is 2.91. The summed E-state index contributed by atoms with van der Waals surface area (Å²) in [4.78, 5) is 4.13. The molecule has 0 bridgehead atoms. The maximum atomic E-state index is 9.08. The van der Waals surface area contributed by atoms with Crippen LogP contribution in [0.1, 0.15) is 17.7 Å². The topological polar surface area (TPSA) is 41.6 Å². The number of nitrogens with zero attached hydrogens (tertiary/aromatic N) is 3. The van der Waals surface area contributed by atoms with Crippen molar-refractivity contribution in [2.24, 2.45) is 0 Å². The smallest absolute Gasteiger partial charge is 0.101 e. The van der Waals surface area contributed by atoms with Gasteiger partial charge in [-0.25, -0.2) is 0 Å². The number of hydrogen-bond donors (Lipinski definition) is 0. The lowest BCUT2D eigenvalue weighted by Gasteiger charge is -2.04. The first kappa shape index (κ1) is 9.17. The fraction of sp³-hybridized carbons (Fsp3) is 0.231. The van der Waals surface area contributed by atoms with Crippen molar-refractivity contribution in [2.45, 2.75) is 19.4 Å². The fourth-order valence-electron chi connectivity index (χ4n) is 2.37. The third kappa shape index (κ3) is 1.24. The molecular formula is C13H11N3. The lowest BCUT2D eigenvalue weighted by Crippen LogP contribution is -1.95.